The van der Waals surface area contributed by atoms with E-state index in [0.29, 0.717) is 5.56 Å². The Balaban J connectivity index is 2.12. The smallest absolute Gasteiger partial charge is 0.264 e. The molecule has 17 heavy (non-hydrogen) atoms. The van der Waals surface area contributed by atoms with Crippen molar-refractivity contribution < 1.29 is 9.47 Å². The summed E-state index contributed by atoms with van der Waals surface area (Å²) in [7, 11) is 0. The number of benzene rings is 1. The van der Waals surface area contributed by atoms with Gasteiger partial charge in [0.15, 0.2) is 12.4 Å². The highest BCUT2D eigenvalue weighted by atomic mass is 16.2. The molecule has 0 unspecified atom stereocenters. The van der Waals surface area contributed by atoms with Crippen LogP contribution in [0.4, 0.5) is 0 Å². The normalized spacial score (nSPS) is 9.65. The predicted molar refractivity (Wildman–Crippen MR) is 66.9 cm³/mol. The van der Waals surface area contributed by atoms with E-state index in [4.69, 9.17) is 0 Å². The number of amides is 1. The molecule has 0 spiro atoms. The first kappa shape index (κ1) is 11.1. The van der Waals surface area contributed by atoms with Crippen molar-refractivity contribution in [1.29, 1.82) is 0 Å². The Labute approximate surface area is 100 Å². The van der Waals surface area contributed by atoms with Crippen LogP contribution in [-0.4, -0.2) is 5.91 Å². The Bertz CT molecular complexity index is 518. The Morgan fingerprint density at radius 1 is 1.12 bits per heavy atom. The molecule has 0 saturated carbocycles. The molecule has 0 fully saturated rings. The molecule has 0 aliphatic carbocycles. The van der Waals surface area contributed by atoms with E-state index in [0.717, 1.165) is 5.56 Å². The van der Waals surface area contributed by atoms with E-state index in [2.05, 4.69) is 12.0 Å². The number of nitrogens with one attached hydrogen (secondary N) is 1. The minimum absolute atomic E-state index is 0.142. The second-order valence-corrected chi connectivity index (χ2v) is 3.55. The van der Waals surface area contributed by atoms with Gasteiger partial charge in [0, 0.05) is 17.7 Å². The van der Waals surface area contributed by atoms with Gasteiger partial charge in [0.05, 0.1) is 0 Å². The second kappa shape index (κ2) is 5.07. The largest absolute Gasteiger partial charge is 0.305 e. The van der Waals surface area contributed by atoms with Gasteiger partial charge in [0.2, 0.25) is 0 Å². The molecule has 3 heteroatoms. The van der Waals surface area contributed by atoms with E-state index in [1.54, 1.807) is 35.3 Å². The first-order valence-electron chi connectivity index (χ1n) is 5.30. The summed E-state index contributed by atoms with van der Waals surface area (Å²) >= 11 is 0. The average molecular weight is 225 g/mol. The number of hydrogen-bond acceptors (Lipinski definition) is 1. The topological polar surface area (TPSA) is 33.0 Å². The third kappa shape index (κ3) is 2.78. The second-order valence-electron chi connectivity index (χ2n) is 3.55. The average Bonchev–Trinajstić information content (AvgIpc) is 2.40. The van der Waals surface area contributed by atoms with Crippen LogP contribution in [0.2, 0.25) is 0 Å². The maximum absolute atomic E-state index is 11.9. The fourth-order valence-corrected chi connectivity index (χ4v) is 1.43. The van der Waals surface area contributed by atoms with E-state index >= 15 is 0 Å². The van der Waals surface area contributed by atoms with Gasteiger partial charge in [0.1, 0.15) is 0 Å². The number of carbonyl (C=O) groups excluding carboxylic acids is 1. The lowest BCUT2D eigenvalue weighted by molar-refractivity contribution is -0.641. The lowest BCUT2D eigenvalue weighted by Crippen LogP contribution is -2.47. The zero-order chi connectivity index (χ0) is 12.1. The highest BCUT2D eigenvalue weighted by Crippen LogP contribution is 2.05. The molecule has 1 N–H and O–H groups in total. The van der Waals surface area contributed by atoms with Crippen LogP contribution in [0.1, 0.15) is 15.9 Å². The molecule has 2 rings (SSSR count). The van der Waals surface area contributed by atoms with E-state index in [1.165, 1.54) is 0 Å². The Morgan fingerprint density at radius 3 is 2.35 bits per heavy atom. The minimum Gasteiger partial charge on any atom is -0.264 e. The van der Waals surface area contributed by atoms with Crippen molar-refractivity contribution in [2.75, 3.05) is 5.43 Å². The lowest BCUT2D eigenvalue weighted by atomic mass is 10.1. The number of aromatic nitrogens is 1. The van der Waals surface area contributed by atoms with Crippen LogP contribution >= 0.6 is 0 Å². The Morgan fingerprint density at radius 2 is 1.76 bits per heavy atom. The van der Waals surface area contributed by atoms with Gasteiger partial charge < -0.3 is 0 Å². The molecule has 1 heterocycles. The van der Waals surface area contributed by atoms with Crippen LogP contribution in [0.15, 0.2) is 61.4 Å². The van der Waals surface area contributed by atoms with Crippen LogP contribution in [0.3, 0.4) is 0 Å². The van der Waals surface area contributed by atoms with E-state index in [1.807, 2.05) is 30.3 Å². The molecule has 1 aromatic carbocycles. The molecule has 1 aromatic heterocycles. The SMILES string of the molecule is C=Cc1ccc(C(=O)N[n+]2ccccc2)cc1. The van der Waals surface area contributed by atoms with Gasteiger partial charge in [-0.25, -0.2) is 0 Å². The van der Waals surface area contributed by atoms with Crippen molar-refractivity contribution in [2.45, 2.75) is 0 Å². The van der Waals surface area contributed by atoms with Crippen LogP contribution < -0.4 is 10.1 Å². The summed E-state index contributed by atoms with van der Waals surface area (Å²) in [5.41, 5.74) is 4.36. The van der Waals surface area contributed by atoms with Crippen molar-refractivity contribution in [3.05, 3.63) is 72.6 Å². The van der Waals surface area contributed by atoms with Gasteiger partial charge >= 0.3 is 5.91 Å². The van der Waals surface area contributed by atoms with Crippen LogP contribution in [0.25, 0.3) is 6.08 Å². The number of pyridine rings is 1. The summed E-state index contributed by atoms with van der Waals surface area (Å²) in [5, 5.41) is 0. The highest BCUT2D eigenvalue weighted by molar-refractivity contribution is 5.98. The van der Waals surface area contributed by atoms with Gasteiger partial charge in [-0.3, -0.25) is 4.79 Å². The zero-order valence-corrected chi connectivity index (χ0v) is 9.34. The third-order valence-corrected chi connectivity index (χ3v) is 2.35. The first-order valence-corrected chi connectivity index (χ1v) is 5.30. The monoisotopic (exact) mass is 225 g/mol. The molecular weight excluding hydrogens is 212 g/mol. The quantitative estimate of drug-likeness (QED) is 0.796. The fraction of sp³-hybridized carbons (Fsp3) is 0. The molecule has 0 bridgehead atoms. The van der Waals surface area contributed by atoms with Gasteiger partial charge in [-0.1, -0.05) is 35.5 Å². The van der Waals surface area contributed by atoms with Gasteiger partial charge in [-0.05, 0) is 17.7 Å². The van der Waals surface area contributed by atoms with Gasteiger partial charge in [-0.2, -0.15) is 0 Å². The molecular formula is C14H13N2O+. The van der Waals surface area contributed by atoms with Crippen molar-refractivity contribution in [2.24, 2.45) is 0 Å². The van der Waals surface area contributed by atoms with Crippen LogP contribution in [0, 0.1) is 0 Å². The summed E-state index contributed by atoms with van der Waals surface area (Å²) < 4.78 is 1.61. The standard InChI is InChI=1S/C14H12N2O/c1-2-12-6-8-13(9-7-12)14(17)15-16-10-4-3-5-11-16/h2-11H,1H2/p+1. The molecule has 2 aromatic rings. The van der Waals surface area contributed by atoms with Crippen molar-refractivity contribution in [3.8, 4) is 0 Å². The van der Waals surface area contributed by atoms with Crippen LogP contribution in [0.5, 0.6) is 0 Å². The molecule has 1 amide bonds. The summed E-state index contributed by atoms with van der Waals surface area (Å²) in [6.45, 7) is 3.67. The molecule has 0 atom stereocenters. The highest BCUT2D eigenvalue weighted by Gasteiger charge is 2.09. The van der Waals surface area contributed by atoms with E-state index < -0.39 is 0 Å². The lowest BCUT2D eigenvalue weighted by Gasteiger charge is -2.00. The van der Waals surface area contributed by atoms with Gasteiger partial charge in [-0.15, -0.1) is 5.43 Å². The molecule has 3 nitrogen and oxygen atoms in total. The summed E-state index contributed by atoms with van der Waals surface area (Å²) in [6.07, 6.45) is 5.29. The third-order valence-electron chi connectivity index (χ3n) is 2.35. The van der Waals surface area contributed by atoms with E-state index in [-0.39, 0.29) is 5.91 Å². The Hall–Kier alpha value is -2.42. The maximum Gasteiger partial charge on any atom is 0.305 e. The summed E-state index contributed by atoms with van der Waals surface area (Å²) in [5.74, 6) is -0.142. The summed E-state index contributed by atoms with van der Waals surface area (Å²) in [6, 6.07) is 12.9. The number of hydrogen-bond donors (Lipinski definition) is 1. The minimum atomic E-state index is -0.142. The zero-order valence-electron chi connectivity index (χ0n) is 9.34. The predicted octanol–water partition coefficient (Wildman–Crippen LogP) is 2.00. The molecule has 0 saturated heterocycles. The van der Waals surface area contributed by atoms with Crippen molar-refractivity contribution in [1.82, 2.24) is 0 Å². The number of rotatable bonds is 3. The van der Waals surface area contributed by atoms with Crippen molar-refractivity contribution in [3.63, 3.8) is 0 Å². The summed E-state index contributed by atoms with van der Waals surface area (Å²) in [4.78, 5) is 11.9. The fourth-order valence-electron chi connectivity index (χ4n) is 1.43. The Kier molecular flexibility index (Phi) is 3.31. The van der Waals surface area contributed by atoms with Crippen molar-refractivity contribution >= 4 is 12.0 Å². The molecule has 0 radical (unpaired) electrons. The molecule has 84 valence electrons. The number of nitrogens with zero attached hydrogens (tertiary/aromatic N) is 1. The maximum atomic E-state index is 11.9. The van der Waals surface area contributed by atoms with E-state index in [9.17, 15) is 4.79 Å². The van der Waals surface area contributed by atoms with Crippen LogP contribution in [-0.2, 0) is 0 Å². The number of carbonyl (C=O) groups is 1. The molecule has 0 aliphatic heterocycles. The first-order chi connectivity index (χ1) is 8.29. The molecule has 0 aliphatic rings. The van der Waals surface area contributed by atoms with Gasteiger partial charge in [0.25, 0.3) is 0 Å².